The standard InChI is InChI=1S/C19H24ClN3O2S/c1-15-3-8-18(13-19(15)20)26(24,25)21-14-16-4-6-17(7-5-16)23-11-9-22(2)10-12-23/h3-8,13,21H,9-12,14H2,1-2H3. The minimum atomic E-state index is -3.58. The van der Waals surface area contributed by atoms with E-state index >= 15 is 0 Å². The Labute approximate surface area is 160 Å². The highest BCUT2D eigenvalue weighted by molar-refractivity contribution is 7.89. The molecule has 2 aromatic carbocycles. The van der Waals surface area contributed by atoms with E-state index in [2.05, 4.69) is 33.7 Å². The third-order valence-corrected chi connectivity index (χ3v) is 6.53. The first-order valence-corrected chi connectivity index (χ1v) is 10.5. The van der Waals surface area contributed by atoms with Crippen LogP contribution in [0.3, 0.4) is 0 Å². The fraction of sp³-hybridized carbons (Fsp3) is 0.368. The lowest BCUT2D eigenvalue weighted by Gasteiger charge is -2.34. The highest BCUT2D eigenvalue weighted by atomic mass is 35.5. The van der Waals surface area contributed by atoms with E-state index < -0.39 is 10.0 Å². The van der Waals surface area contributed by atoms with Crippen molar-refractivity contribution in [2.45, 2.75) is 18.4 Å². The van der Waals surface area contributed by atoms with E-state index in [1.807, 2.05) is 19.1 Å². The van der Waals surface area contributed by atoms with Crippen LogP contribution in [0.25, 0.3) is 0 Å². The number of piperazine rings is 1. The van der Waals surface area contributed by atoms with Gasteiger partial charge in [0.1, 0.15) is 0 Å². The summed E-state index contributed by atoms with van der Waals surface area (Å²) in [4.78, 5) is 4.85. The van der Waals surface area contributed by atoms with Gasteiger partial charge in [0.05, 0.1) is 4.90 Å². The summed E-state index contributed by atoms with van der Waals surface area (Å²) in [6, 6.07) is 12.8. The molecule has 3 rings (SSSR count). The molecule has 0 unspecified atom stereocenters. The van der Waals surface area contributed by atoms with E-state index in [-0.39, 0.29) is 11.4 Å². The van der Waals surface area contributed by atoms with Crippen LogP contribution in [0.1, 0.15) is 11.1 Å². The second-order valence-electron chi connectivity index (χ2n) is 6.69. The lowest BCUT2D eigenvalue weighted by molar-refractivity contribution is 0.313. The molecule has 1 aliphatic rings. The Morgan fingerprint density at radius 2 is 1.69 bits per heavy atom. The number of likely N-dealkylation sites (N-methyl/N-ethyl adjacent to an activating group) is 1. The fourth-order valence-electron chi connectivity index (χ4n) is 2.89. The number of aryl methyl sites for hydroxylation is 1. The second kappa shape index (κ2) is 7.96. The van der Waals surface area contributed by atoms with Crippen LogP contribution in [0.15, 0.2) is 47.4 Å². The van der Waals surface area contributed by atoms with Crippen LogP contribution in [0, 0.1) is 6.92 Å². The second-order valence-corrected chi connectivity index (χ2v) is 8.87. The summed E-state index contributed by atoms with van der Waals surface area (Å²) in [5.41, 5.74) is 2.95. The Bertz CT molecular complexity index is 861. The summed E-state index contributed by atoms with van der Waals surface area (Å²) >= 11 is 6.04. The van der Waals surface area contributed by atoms with Crippen LogP contribution >= 0.6 is 11.6 Å². The van der Waals surface area contributed by atoms with Crippen molar-refractivity contribution in [2.24, 2.45) is 0 Å². The third-order valence-electron chi connectivity index (χ3n) is 4.72. The van der Waals surface area contributed by atoms with Crippen molar-refractivity contribution in [2.75, 3.05) is 38.1 Å². The topological polar surface area (TPSA) is 52.7 Å². The highest BCUT2D eigenvalue weighted by Crippen LogP contribution is 2.21. The number of anilines is 1. The zero-order valence-corrected chi connectivity index (χ0v) is 16.6. The molecule has 0 saturated carbocycles. The van der Waals surface area contributed by atoms with Crippen LogP contribution in [0.4, 0.5) is 5.69 Å². The molecule has 140 valence electrons. The molecule has 0 spiro atoms. The number of sulfonamides is 1. The van der Waals surface area contributed by atoms with Crippen LogP contribution in [0.5, 0.6) is 0 Å². The normalized spacial score (nSPS) is 16.0. The van der Waals surface area contributed by atoms with Gasteiger partial charge in [-0.2, -0.15) is 0 Å². The molecule has 1 N–H and O–H groups in total. The van der Waals surface area contributed by atoms with E-state index in [0.29, 0.717) is 5.02 Å². The molecule has 7 heteroatoms. The predicted octanol–water partition coefficient (Wildman–Crippen LogP) is 2.88. The van der Waals surface area contributed by atoms with Crippen molar-refractivity contribution in [3.63, 3.8) is 0 Å². The third kappa shape index (κ3) is 4.57. The first-order chi connectivity index (χ1) is 12.3. The van der Waals surface area contributed by atoms with Crippen LogP contribution in [-0.4, -0.2) is 46.5 Å². The van der Waals surface area contributed by atoms with Crippen molar-refractivity contribution in [3.05, 3.63) is 58.6 Å². The molecule has 2 aromatic rings. The van der Waals surface area contributed by atoms with Gasteiger partial charge in [-0.25, -0.2) is 13.1 Å². The van der Waals surface area contributed by atoms with Crippen molar-refractivity contribution >= 4 is 27.3 Å². The largest absolute Gasteiger partial charge is 0.369 e. The molecule has 1 heterocycles. The molecule has 0 radical (unpaired) electrons. The lowest BCUT2D eigenvalue weighted by atomic mass is 10.2. The van der Waals surface area contributed by atoms with Gasteiger partial charge in [-0.1, -0.05) is 29.8 Å². The van der Waals surface area contributed by atoms with Crippen LogP contribution < -0.4 is 9.62 Å². The molecule has 0 aliphatic carbocycles. The van der Waals surface area contributed by atoms with Crippen LogP contribution in [-0.2, 0) is 16.6 Å². The van der Waals surface area contributed by atoms with E-state index in [4.69, 9.17) is 11.6 Å². The fourth-order valence-corrected chi connectivity index (χ4v) is 4.18. The number of halogens is 1. The number of benzene rings is 2. The molecule has 0 bridgehead atoms. The zero-order valence-electron chi connectivity index (χ0n) is 15.1. The average Bonchev–Trinajstić information content (AvgIpc) is 2.63. The Balaban J connectivity index is 1.63. The monoisotopic (exact) mass is 393 g/mol. The Kier molecular flexibility index (Phi) is 5.87. The maximum absolute atomic E-state index is 12.4. The number of nitrogens with zero attached hydrogens (tertiary/aromatic N) is 2. The molecule has 26 heavy (non-hydrogen) atoms. The average molecular weight is 394 g/mol. The molecule has 0 amide bonds. The number of hydrogen-bond donors (Lipinski definition) is 1. The van der Waals surface area contributed by atoms with Crippen LogP contribution in [0.2, 0.25) is 5.02 Å². The summed E-state index contributed by atoms with van der Waals surface area (Å²) < 4.78 is 27.5. The van der Waals surface area contributed by atoms with Gasteiger partial charge in [0, 0.05) is 43.4 Å². The minimum absolute atomic E-state index is 0.183. The molecule has 0 aromatic heterocycles. The first-order valence-electron chi connectivity index (χ1n) is 8.63. The summed E-state index contributed by atoms with van der Waals surface area (Å²) in [5.74, 6) is 0. The van der Waals surface area contributed by atoms with Gasteiger partial charge in [-0.15, -0.1) is 0 Å². The van der Waals surface area contributed by atoms with Gasteiger partial charge in [0.15, 0.2) is 0 Å². The molecule has 0 atom stereocenters. The number of nitrogens with one attached hydrogen (secondary N) is 1. The number of rotatable bonds is 5. The summed E-state index contributed by atoms with van der Waals surface area (Å²) in [6.07, 6.45) is 0. The summed E-state index contributed by atoms with van der Waals surface area (Å²) in [7, 11) is -1.45. The van der Waals surface area contributed by atoms with Gasteiger partial charge in [-0.05, 0) is 49.4 Å². The van der Waals surface area contributed by atoms with E-state index in [9.17, 15) is 8.42 Å². The smallest absolute Gasteiger partial charge is 0.240 e. The van der Waals surface area contributed by atoms with E-state index in [0.717, 1.165) is 37.3 Å². The Hall–Kier alpha value is -1.60. The van der Waals surface area contributed by atoms with Crippen molar-refractivity contribution in [3.8, 4) is 0 Å². The zero-order chi connectivity index (χ0) is 18.7. The van der Waals surface area contributed by atoms with E-state index in [1.54, 1.807) is 12.1 Å². The maximum Gasteiger partial charge on any atom is 0.240 e. The lowest BCUT2D eigenvalue weighted by Crippen LogP contribution is -2.44. The van der Waals surface area contributed by atoms with Gasteiger partial charge >= 0.3 is 0 Å². The van der Waals surface area contributed by atoms with Gasteiger partial charge in [-0.3, -0.25) is 0 Å². The maximum atomic E-state index is 12.4. The van der Waals surface area contributed by atoms with Crippen molar-refractivity contribution in [1.29, 1.82) is 0 Å². The minimum Gasteiger partial charge on any atom is -0.369 e. The van der Waals surface area contributed by atoms with Crippen molar-refractivity contribution < 1.29 is 8.42 Å². The summed E-state index contributed by atoms with van der Waals surface area (Å²) in [5, 5.41) is 0.449. The first kappa shape index (κ1) is 19.2. The molecule has 1 saturated heterocycles. The molecular weight excluding hydrogens is 370 g/mol. The highest BCUT2D eigenvalue weighted by Gasteiger charge is 2.16. The Morgan fingerprint density at radius 1 is 1.04 bits per heavy atom. The van der Waals surface area contributed by atoms with Gasteiger partial charge in [0.25, 0.3) is 0 Å². The molecule has 1 aliphatic heterocycles. The quantitative estimate of drug-likeness (QED) is 0.848. The number of hydrogen-bond acceptors (Lipinski definition) is 4. The predicted molar refractivity (Wildman–Crippen MR) is 106 cm³/mol. The Morgan fingerprint density at radius 3 is 2.31 bits per heavy atom. The SMILES string of the molecule is Cc1ccc(S(=O)(=O)NCc2ccc(N3CCN(C)CC3)cc2)cc1Cl. The van der Waals surface area contributed by atoms with Gasteiger partial charge < -0.3 is 9.80 Å². The molecule has 1 fully saturated rings. The summed E-state index contributed by atoms with van der Waals surface area (Å²) in [6.45, 7) is 6.22. The molecular formula is C19H24ClN3O2S. The molecule has 5 nitrogen and oxygen atoms in total. The van der Waals surface area contributed by atoms with Crippen molar-refractivity contribution in [1.82, 2.24) is 9.62 Å². The van der Waals surface area contributed by atoms with E-state index in [1.165, 1.54) is 11.8 Å². The van der Waals surface area contributed by atoms with Gasteiger partial charge in [0.2, 0.25) is 10.0 Å².